The molecule has 0 saturated heterocycles. The van der Waals surface area contributed by atoms with Crippen LogP contribution in [0.3, 0.4) is 0 Å². The molecule has 1 amide bonds. The summed E-state index contributed by atoms with van der Waals surface area (Å²) in [5.41, 5.74) is 1.88. The molecule has 15 heavy (non-hydrogen) atoms. The fourth-order valence-electron chi connectivity index (χ4n) is 1.34. The molecule has 0 aliphatic carbocycles. The van der Waals surface area contributed by atoms with Crippen LogP contribution in [0.5, 0.6) is 0 Å². The molecule has 0 heterocycles. The van der Waals surface area contributed by atoms with Crippen molar-refractivity contribution in [2.24, 2.45) is 0 Å². The van der Waals surface area contributed by atoms with Crippen LogP contribution < -0.4 is 0 Å². The average Bonchev–Trinajstić information content (AvgIpc) is 2.17. The van der Waals surface area contributed by atoms with Crippen LogP contribution in [0.2, 0.25) is 0 Å². The third-order valence-corrected chi connectivity index (χ3v) is 2.29. The zero-order valence-corrected chi connectivity index (χ0v) is 9.40. The first-order valence-electron chi connectivity index (χ1n) is 4.95. The minimum Gasteiger partial charge on any atom is -0.388 e. The molecule has 0 aliphatic heterocycles. The fourth-order valence-corrected chi connectivity index (χ4v) is 1.34. The van der Waals surface area contributed by atoms with Crippen molar-refractivity contribution in [3.05, 3.63) is 35.4 Å². The van der Waals surface area contributed by atoms with Gasteiger partial charge in [-0.1, -0.05) is 29.8 Å². The Kier molecular flexibility index (Phi) is 3.86. The second-order valence-corrected chi connectivity index (χ2v) is 3.92. The van der Waals surface area contributed by atoms with Crippen molar-refractivity contribution in [3.8, 4) is 0 Å². The Labute approximate surface area is 90.3 Å². The van der Waals surface area contributed by atoms with Crippen LogP contribution in [0, 0.1) is 6.92 Å². The highest BCUT2D eigenvalue weighted by Crippen LogP contribution is 2.18. The molecule has 1 N–H and O–H groups in total. The summed E-state index contributed by atoms with van der Waals surface area (Å²) in [4.78, 5) is 12.9. The van der Waals surface area contributed by atoms with Gasteiger partial charge in [0.15, 0.2) is 0 Å². The molecule has 0 radical (unpaired) electrons. The van der Waals surface area contributed by atoms with Gasteiger partial charge in [-0.15, -0.1) is 0 Å². The maximum atomic E-state index is 11.4. The van der Waals surface area contributed by atoms with Crippen molar-refractivity contribution in [2.75, 3.05) is 14.1 Å². The molecule has 1 aromatic rings. The molecule has 3 heteroatoms. The molecule has 0 spiro atoms. The zero-order chi connectivity index (χ0) is 11.4. The Morgan fingerprint density at radius 1 is 1.47 bits per heavy atom. The quantitative estimate of drug-likeness (QED) is 0.816. The summed E-state index contributed by atoms with van der Waals surface area (Å²) >= 11 is 0. The number of carbonyl (C=O) groups excluding carboxylic acids is 1. The minimum absolute atomic E-state index is 0.0657. The third-order valence-electron chi connectivity index (χ3n) is 2.29. The lowest BCUT2D eigenvalue weighted by Crippen LogP contribution is -2.23. The maximum Gasteiger partial charge on any atom is 0.225 e. The number of aliphatic hydroxyl groups is 1. The van der Waals surface area contributed by atoms with Crippen molar-refractivity contribution in [1.29, 1.82) is 0 Å². The average molecular weight is 207 g/mol. The third kappa shape index (κ3) is 3.36. The molecule has 1 aromatic carbocycles. The second kappa shape index (κ2) is 4.94. The SMILES string of the molecule is Cc1cccc(C(O)CC(=O)N(C)C)c1. The standard InChI is InChI=1S/C12H17NO2/c1-9-5-4-6-10(7-9)11(14)8-12(15)13(2)3/h4-7,11,14H,8H2,1-3H3. The fraction of sp³-hybridized carbons (Fsp3) is 0.417. The predicted molar refractivity (Wildman–Crippen MR) is 59.4 cm³/mol. The monoisotopic (exact) mass is 207 g/mol. The van der Waals surface area contributed by atoms with E-state index < -0.39 is 6.10 Å². The largest absolute Gasteiger partial charge is 0.388 e. The van der Waals surface area contributed by atoms with Gasteiger partial charge in [-0.2, -0.15) is 0 Å². The number of aryl methyl sites for hydroxylation is 1. The van der Waals surface area contributed by atoms with E-state index in [0.717, 1.165) is 11.1 Å². The smallest absolute Gasteiger partial charge is 0.225 e. The minimum atomic E-state index is -0.709. The lowest BCUT2D eigenvalue weighted by molar-refractivity contribution is -0.130. The van der Waals surface area contributed by atoms with E-state index in [-0.39, 0.29) is 12.3 Å². The molecule has 0 aromatic heterocycles. The molecule has 1 rings (SSSR count). The van der Waals surface area contributed by atoms with Gasteiger partial charge in [-0.05, 0) is 12.5 Å². The van der Waals surface area contributed by atoms with Gasteiger partial charge in [0.1, 0.15) is 0 Å². The van der Waals surface area contributed by atoms with Crippen molar-refractivity contribution < 1.29 is 9.90 Å². The van der Waals surface area contributed by atoms with Crippen molar-refractivity contribution >= 4 is 5.91 Å². The molecule has 1 atom stereocenters. The topological polar surface area (TPSA) is 40.5 Å². The van der Waals surface area contributed by atoms with Crippen LogP contribution in [0.15, 0.2) is 24.3 Å². The number of amides is 1. The van der Waals surface area contributed by atoms with Crippen molar-refractivity contribution in [3.63, 3.8) is 0 Å². The van der Waals surface area contributed by atoms with Gasteiger partial charge in [-0.3, -0.25) is 4.79 Å². The summed E-state index contributed by atoms with van der Waals surface area (Å²) in [6.07, 6.45) is -0.573. The highest BCUT2D eigenvalue weighted by molar-refractivity contribution is 5.76. The van der Waals surface area contributed by atoms with Crippen LogP contribution in [-0.2, 0) is 4.79 Å². The van der Waals surface area contributed by atoms with E-state index in [1.54, 1.807) is 14.1 Å². The summed E-state index contributed by atoms with van der Waals surface area (Å²) in [5, 5.41) is 9.82. The number of rotatable bonds is 3. The number of hydrogen-bond acceptors (Lipinski definition) is 2. The van der Waals surface area contributed by atoms with Crippen LogP contribution in [0.25, 0.3) is 0 Å². The van der Waals surface area contributed by atoms with Gasteiger partial charge in [0.25, 0.3) is 0 Å². The lowest BCUT2D eigenvalue weighted by Gasteiger charge is -2.14. The molecule has 0 bridgehead atoms. The van der Waals surface area contributed by atoms with Crippen molar-refractivity contribution in [2.45, 2.75) is 19.4 Å². The van der Waals surface area contributed by atoms with E-state index in [1.807, 2.05) is 31.2 Å². The highest BCUT2D eigenvalue weighted by Gasteiger charge is 2.13. The molecule has 0 saturated carbocycles. The first-order valence-corrected chi connectivity index (χ1v) is 4.95. The van der Waals surface area contributed by atoms with E-state index in [2.05, 4.69) is 0 Å². The van der Waals surface area contributed by atoms with Gasteiger partial charge >= 0.3 is 0 Å². The zero-order valence-electron chi connectivity index (χ0n) is 9.40. The Balaban J connectivity index is 2.69. The van der Waals surface area contributed by atoms with Crippen LogP contribution >= 0.6 is 0 Å². The van der Waals surface area contributed by atoms with Crippen LogP contribution in [0.1, 0.15) is 23.7 Å². The van der Waals surface area contributed by atoms with Gasteiger partial charge in [0.05, 0.1) is 12.5 Å². The number of nitrogens with zero attached hydrogens (tertiary/aromatic N) is 1. The second-order valence-electron chi connectivity index (χ2n) is 3.92. The molecule has 1 unspecified atom stereocenters. The molecular weight excluding hydrogens is 190 g/mol. The summed E-state index contributed by atoms with van der Waals surface area (Å²) in [6.45, 7) is 1.96. The van der Waals surface area contributed by atoms with Crippen molar-refractivity contribution in [1.82, 2.24) is 4.90 Å². The Bertz CT molecular complexity index is 347. The number of hydrogen-bond donors (Lipinski definition) is 1. The first-order chi connectivity index (χ1) is 7.00. The maximum absolute atomic E-state index is 11.4. The van der Waals surface area contributed by atoms with Gasteiger partial charge < -0.3 is 10.0 Å². The summed E-state index contributed by atoms with van der Waals surface area (Å²) in [7, 11) is 3.37. The van der Waals surface area contributed by atoms with E-state index in [9.17, 15) is 9.90 Å². The molecule has 3 nitrogen and oxygen atoms in total. The number of benzene rings is 1. The first kappa shape index (κ1) is 11.7. The Morgan fingerprint density at radius 2 is 2.13 bits per heavy atom. The predicted octanol–water partition coefficient (Wildman–Crippen LogP) is 1.51. The Hall–Kier alpha value is -1.35. The van der Waals surface area contributed by atoms with Crippen LogP contribution in [0.4, 0.5) is 0 Å². The van der Waals surface area contributed by atoms with Gasteiger partial charge in [0.2, 0.25) is 5.91 Å². The summed E-state index contributed by atoms with van der Waals surface area (Å²) < 4.78 is 0. The normalized spacial score (nSPS) is 12.3. The molecule has 0 fully saturated rings. The lowest BCUT2D eigenvalue weighted by atomic mass is 10.0. The molecule has 82 valence electrons. The number of aliphatic hydroxyl groups excluding tert-OH is 1. The Morgan fingerprint density at radius 3 is 2.67 bits per heavy atom. The summed E-state index contributed by atoms with van der Waals surface area (Å²) in [5.74, 6) is -0.0657. The van der Waals surface area contributed by atoms with Gasteiger partial charge in [0, 0.05) is 14.1 Å². The van der Waals surface area contributed by atoms with E-state index in [1.165, 1.54) is 4.90 Å². The van der Waals surface area contributed by atoms with Crippen LogP contribution in [-0.4, -0.2) is 30.0 Å². The van der Waals surface area contributed by atoms with E-state index in [4.69, 9.17) is 0 Å². The van der Waals surface area contributed by atoms with Gasteiger partial charge in [-0.25, -0.2) is 0 Å². The molecule has 0 aliphatic rings. The molecular formula is C12H17NO2. The van der Waals surface area contributed by atoms with E-state index in [0.29, 0.717) is 0 Å². The summed E-state index contributed by atoms with van der Waals surface area (Å²) in [6, 6.07) is 7.58. The number of carbonyl (C=O) groups is 1. The van der Waals surface area contributed by atoms with E-state index >= 15 is 0 Å². The highest BCUT2D eigenvalue weighted by atomic mass is 16.3.